The molecule has 0 aliphatic heterocycles. The van der Waals surface area contributed by atoms with Crippen LogP contribution >= 0.6 is 0 Å². The van der Waals surface area contributed by atoms with Crippen LogP contribution in [-0.4, -0.2) is 29.4 Å². The van der Waals surface area contributed by atoms with Crippen molar-refractivity contribution in [2.75, 3.05) is 0 Å². The van der Waals surface area contributed by atoms with E-state index in [1.807, 2.05) is 85.8 Å². The van der Waals surface area contributed by atoms with E-state index in [-0.39, 0.29) is 17.5 Å². The topological polar surface area (TPSA) is 71.3 Å². The van der Waals surface area contributed by atoms with Crippen molar-refractivity contribution in [1.29, 1.82) is 0 Å². The number of carbonyl (C=O) groups excluding carboxylic acids is 1. The predicted molar refractivity (Wildman–Crippen MR) is 157 cm³/mol. The van der Waals surface area contributed by atoms with Crippen LogP contribution in [0.15, 0.2) is 91.0 Å². The largest absolute Gasteiger partial charge is 0.478 e. The van der Waals surface area contributed by atoms with Gasteiger partial charge in [0.05, 0.1) is 11.6 Å². The number of hydrogen-bond acceptors (Lipinski definition) is 2. The van der Waals surface area contributed by atoms with Gasteiger partial charge in [0.25, 0.3) is 5.91 Å². The number of aromatic carboxylic acids is 1. The summed E-state index contributed by atoms with van der Waals surface area (Å²) in [5.41, 5.74) is 8.60. The van der Waals surface area contributed by atoms with E-state index in [0.29, 0.717) is 23.1 Å². The maximum Gasteiger partial charge on any atom is 0.336 e. The summed E-state index contributed by atoms with van der Waals surface area (Å²) in [4.78, 5) is 24.7. The smallest absolute Gasteiger partial charge is 0.336 e. The van der Waals surface area contributed by atoms with Crippen molar-refractivity contribution in [2.45, 2.75) is 33.4 Å². The number of aromatic nitrogens is 1. The van der Waals surface area contributed by atoms with E-state index in [2.05, 4.69) is 23.7 Å². The molecule has 5 aromatic rings. The number of fused-ring (bicyclic) bond motifs is 1. The summed E-state index contributed by atoms with van der Waals surface area (Å²) in [6, 6.07) is 28.3. The molecule has 6 heteroatoms. The number of carbonyl (C=O) groups is 2. The Kier molecular flexibility index (Phi) is 7.12. The number of amides is 1. The van der Waals surface area contributed by atoms with Gasteiger partial charge < -0.3 is 15.0 Å². The Hall–Kier alpha value is -4.58. The molecule has 4 aromatic carbocycles. The lowest BCUT2D eigenvalue weighted by Gasteiger charge is -2.15. The van der Waals surface area contributed by atoms with Crippen LogP contribution in [0.25, 0.3) is 22.0 Å². The number of benzene rings is 4. The predicted octanol–water partition coefficient (Wildman–Crippen LogP) is 5.96. The number of nitrogens with zero attached hydrogens (tertiary/aromatic N) is 1. The first-order valence-electron chi connectivity index (χ1n) is 12.9. The number of hydrogen-bond donors (Lipinski definition) is 2. The summed E-state index contributed by atoms with van der Waals surface area (Å²) in [6.07, 6.45) is 0. The molecule has 0 spiro atoms. The maximum atomic E-state index is 13.1. The molecule has 0 aliphatic rings. The van der Waals surface area contributed by atoms with Crippen LogP contribution < -0.4 is 10.8 Å². The van der Waals surface area contributed by atoms with Crippen LogP contribution in [0.1, 0.15) is 56.1 Å². The highest BCUT2D eigenvalue weighted by Gasteiger charge is 2.17. The summed E-state index contributed by atoms with van der Waals surface area (Å²) in [7, 11) is 5.79. The van der Waals surface area contributed by atoms with Crippen molar-refractivity contribution in [3.05, 3.63) is 125 Å². The summed E-state index contributed by atoms with van der Waals surface area (Å²) in [5, 5.41) is 13.7. The lowest BCUT2D eigenvalue weighted by Crippen LogP contribution is -2.26. The van der Waals surface area contributed by atoms with E-state index in [1.54, 1.807) is 12.1 Å². The number of rotatable bonds is 7. The van der Waals surface area contributed by atoms with E-state index < -0.39 is 5.97 Å². The Labute approximate surface area is 229 Å². The molecule has 0 saturated carbocycles. The molecule has 1 heterocycles. The molecular weight excluding hydrogens is 483 g/mol. The van der Waals surface area contributed by atoms with E-state index in [1.165, 1.54) is 0 Å². The van der Waals surface area contributed by atoms with E-state index in [9.17, 15) is 14.7 Å². The standard InChI is InChI=1S/C33H29BN2O3/c1-20-22(3)36(19-23-8-10-25(11-9-23)28-6-4-5-7-29(28)33(38)39)31-17-14-26(18-30(20)31)32(37)35-21(2)24-12-15-27(34)16-13-24/h4-18,21H,19H2,1-3H3,(H,35,37)(H,38,39)/t21-/m0/s1. The van der Waals surface area contributed by atoms with Gasteiger partial charge in [-0.05, 0) is 72.9 Å². The summed E-state index contributed by atoms with van der Waals surface area (Å²) < 4.78 is 2.25. The molecule has 192 valence electrons. The second-order valence-electron chi connectivity index (χ2n) is 9.94. The van der Waals surface area contributed by atoms with Crippen molar-refractivity contribution in [3.63, 3.8) is 0 Å². The van der Waals surface area contributed by atoms with Crippen molar-refractivity contribution in [3.8, 4) is 11.1 Å². The molecule has 5 nitrogen and oxygen atoms in total. The highest BCUT2D eigenvalue weighted by atomic mass is 16.4. The summed E-state index contributed by atoms with van der Waals surface area (Å²) >= 11 is 0. The van der Waals surface area contributed by atoms with Crippen LogP contribution in [0.4, 0.5) is 0 Å². The Balaban J connectivity index is 1.38. The first-order chi connectivity index (χ1) is 18.7. The molecule has 0 unspecified atom stereocenters. The third-order valence-electron chi connectivity index (χ3n) is 7.45. The van der Waals surface area contributed by atoms with E-state index in [4.69, 9.17) is 7.85 Å². The Morgan fingerprint density at radius 3 is 2.31 bits per heavy atom. The van der Waals surface area contributed by atoms with Crippen LogP contribution in [0, 0.1) is 13.8 Å². The fourth-order valence-corrected chi connectivity index (χ4v) is 5.04. The minimum Gasteiger partial charge on any atom is -0.478 e. The molecule has 0 saturated heterocycles. The van der Waals surface area contributed by atoms with Gasteiger partial charge in [-0.25, -0.2) is 4.79 Å². The average molecular weight is 512 g/mol. The Bertz CT molecular complexity index is 1690. The van der Waals surface area contributed by atoms with E-state index in [0.717, 1.165) is 38.9 Å². The van der Waals surface area contributed by atoms with Gasteiger partial charge in [-0.15, -0.1) is 0 Å². The minimum absolute atomic E-state index is 0.122. The maximum absolute atomic E-state index is 13.1. The number of carboxylic acids is 1. The average Bonchev–Trinajstić information content (AvgIpc) is 3.18. The lowest BCUT2D eigenvalue weighted by molar-refractivity contribution is 0.0697. The molecule has 0 aliphatic carbocycles. The van der Waals surface area contributed by atoms with Gasteiger partial charge in [0.2, 0.25) is 0 Å². The zero-order valence-electron chi connectivity index (χ0n) is 22.2. The van der Waals surface area contributed by atoms with Gasteiger partial charge in [0.1, 0.15) is 7.85 Å². The Morgan fingerprint density at radius 2 is 1.62 bits per heavy atom. The second-order valence-corrected chi connectivity index (χ2v) is 9.94. The van der Waals surface area contributed by atoms with E-state index >= 15 is 0 Å². The minimum atomic E-state index is -0.938. The number of nitrogens with one attached hydrogen (secondary N) is 1. The SMILES string of the molecule is [B]c1ccc([C@H](C)NC(=O)c2ccc3c(c2)c(C)c(C)n3Cc2ccc(-c3ccccc3C(=O)O)cc2)cc1. The van der Waals surface area contributed by atoms with Crippen molar-refractivity contribution < 1.29 is 14.7 Å². The molecule has 2 N–H and O–H groups in total. The number of carboxylic acid groups (broad SMARTS) is 1. The van der Waals surface area contributed by atoms with Gasteiger partial charge in [-0.3, -0.25) is 4.79 Å². The Morgan fingerprint density at radius 1 is 0.923 bits per heavy atom. The highest BCUT2D eigenvalue weighted by Crippen LogP contribution is 2.29. The fraction of sp³-hybridized carbons (Fsp3) is 0.152. The van der Waals surface area contributed by atoms with Crippen molar-refractivity contribution >= 4 is 36.1 Å². The lowest BCUT2D eigenvalue weighted by atomic mass is 9.94. The van der Waals surface area contributed by atoms with Crippen molar-refractivity contribution in [1.82, 2.24) is 9.88 Å². The first-order valence-corrected chi connectivity index (χ1v) is 12.9. The van der Waals surface area contributed by atoms with Crippen LogP contribution in [0.3, 0.4) is 0 Å². The van der Waals surface area contributed by atoms with Crippen LogP contribution in [0.2, 0.25) is 0 Å². The van der Waals surface area contributed by atoms with Crippen molar-refractivity contribution in [2.24, 2.45) is 0 Å². The number of aryl methyl sites for hydroxylation is 1. The van der Waals surface area contributed by atoms with Crippen LogP contribution in [-0.2, 0) is 6.54 Å². The van der Waals surface area contributed by atoms with Gasteiger partial charge in [-0.2, -0.15) is 0 Å². The third-order valence-corrected chi connectivity index (χ3v) is 7.45. The van der Waals surface area contributed by atoms with Gasteiger partial charge >= 0.3 is 5.97 Å². The molecule has 2 radical (unpaired) electrons. The molecule has 0 fully saturated rings. The molecular formula is C33H29BN2O3. The van der Waals surface area contributed by atoms with Gasteiger partial charge in [-0.1, -0.05) is 72.2 Å². The molecule has 1 atom stereocenters. The normalized spacial score (nSPS) is 11.9. The highest BCUT2D eigenvalue weighted by molar-refractivity contribution is 6.32. The summed E-state index contributed by atoms with van der Waals surface area (Å²) in [5.74, 6) is -1.06. The molecule has 5 rings (SSSR count). The molecule has 0 bridgehead atoms. The zero-order valence-corrected chi connectivity index (χ0v) is 22.2. The van der Waals surface area contributed by atoms with Crippen LogP contribution in [0.5, 0.6) is 0 Å². The molecule has 1 amide bonds. The molecule has 1 aromatic heterocycles. The zero-order chi connectivity index (χ0) is 27.7. The monoisotopic (exact) mass is 512 g/mol. The van der Waals surface area contributed by atoms with Gasteiger partial charge in [0.15, 0.2) is 0 Å². The first kappa shape index (κ1) is 26.0. The third kappa shape index (κ3) is 5.23. The van der Waals surface area contributed by atoms with Gasteiger partial charge in [0, 0.05) is 28.7 Å². The molecule has 39 heavy (non-hydrogen) atoms. The summed E-state index contributed by atoms with van der Waals surface area (Å²) in [6.45, 7) is 6.80. The fourth-order valence-electron chi connectivity index (χ4n) is 5.04. The quantitative estimate of drug-likeness (QED) is 0.265. The second kappa shape index (κ2) is 10.7.